The zero-order valence-corrected chi connectivity index (χ0v) is 11.2. The SMILES string of the molecule is Fc1cc(Cl)cc(-n2cncc2C2CCCCN2)c1. The summed E-state index contributed by atoms with van der Waals surface area (Å²) < 4.78 is 15.4. The average Bonchev–Trinajstić information content (AvgIpc) is 2.88. The molecule has 0 bridgehead atoms. The van der Waals surface area contributed by atoms with Crippen molar-refractivity contribution in [2.75, 3.05) is 6.54 Å². The summed E-state index contributed by atoms with van der Waals surface area (Å²) >= 11 is 5.92. The first-order chi connectivity index (χ1) is 9.24. The predicted molar refractivity (Wildman–Crippen MR) is 73.1 cm³/mol. The van der Waals surface area contributed by atoms with Gasteiger partial charge < -0.3 is 9.88 Å². The Balaban J connectivity index is 1.98. The first-order valence-electron chi connectivity index (χ1n) is 6.46. The van der Waals surface area contributed by atoms with Gasteiger partial charge in [-0.25, -0.2) is 9.37 Å². The van der Waals surface area contributed by atoms with Crippen LogP contribution in [0, 0.1) is 5.82 Å². The normalized spacial score (nSPS) is 19.6. The third kappa shape index (κ3) is 2.65. The van der Waals surface area contributed by atoms with Crippen LogP contribution in [0.1, 0.15) is 31.0 Å². The summed E-state index contributed by atoms with van der Waals surface area (Å²) in [7, 11) is 0. The first kappa shape index (κ1) is 12.6. The van der Waals surface area contributed by atoms with Crippen molar-refractivity contribution in [3.05, 3.63) is 47.3 Å². The van der Waals surface area contributed by atoms with Crippen LogP contribution in [0.4, 0.5) is 4.39 Å². The van der Waals surface area contributed by atoms with Crippen LogP contribution >= 0.6 is 11.6 Å². The van der Waals surface area contributed by atoms with E-state index in [9.17, 15) is 4.39 Å². The van der Waals surface area contributed by atoms with E-state index in [0.29, 0.717) is 10.7 Å². The van der Waals surface area contributed by atoms with Gasteiger partial charge >= 0.3 is 0 Å². The summed E-state index contributed by atoms with van der Waals surface area (Å²) in [6.45, 7) is 1.01. The Kier molecular flexibility index (Phi) is 3.53. The minimum Gasteiger partial charge on any atom is -0.309 e. The lowest BCUT2D eigenvalue weighted by Crippen LogP contribution is -2.28. The van der Waals surface area contributed by atoms with Crippen LogP contribution in [0.5, 0.6) is 0 Å². The zero-order chi connectivity index (χ0) is 13.2. The van der Waals surface area contributed by atoms with Gasteiger partial charge in [-0.1, -0.05) is 18.0 Å². The molecule has 5 heteroatoms. The molecule has 1 aromatic carbocycles. The fourth-order valence-electron chi connectivity index (χ4n) is 2.56. The molecular formula is C14H15ClFN3. The van der Waals surface area contributed by atoms with Crippen molar-refractivity contribution in [3.8, 4) is 5.69 Å². The number of imidazole rings is 1. The molecule has 0 amide bonds. The quantitative estimate of drug-likeness (QED) is 0.912. The maximum atomic E-state index is 13.5. The number of hydrogen-bond donors (Lipinski definition) is 1. The molecule has 2 heterocycles. The van der Waals surface area contributed by atoms with Crippen LogP contribution in [-0.2, 0) is 0 Å². The molecule has 1 aliphatic heterocycles. The molecule has 1 unspecified atom stereocenters. The number of nitrogens with one attached hydrogen (secondary N) is 1. The second-order valence-electron chi connectivity index (χ2n) is 4.82. The number of piperidine rings is 1. The molecule has 0 aliphatic carbocycles. The molecule has 3 nitrogen and oxygen atoms in total. The van der Waals surface area contributed by atoms with E-state index < -0.39 is 0 Å². The van der Waals surface area contributed by atoms with E-state index in [1.54, 1.807) is 12.4 Å². The summed E-state index contributed by atoms with van der Waals surface area (Å²) in [4.78, 5) is 4.19. The molecule has 19 heavy (non-hydrogen) atoms. The van der Waals surface area contributed by atoms with Crippen molar-refractivity contribution in [3.63, 3.8) is 0 Å². The van der Waals surface area contributed by atoms with Gasteiger partial charge in [0, 0.05) is 11.1 Å². The smallest absolute Gasteiger partial charge is 0.126 e. The van der Waals surface area contributed by atoms with Gasteiger partial charge in [0.1, 0.15) is 5.82 Å². The minimum absolute atomic E-state index is 0.276. The van der Waals surface area contributed by atoms with Crippen molar-refractivity contribution >= 4 is 11.6 Å². The Morgan fingerprint density at radius 2 is 2.21 bits per heavy atom. The fraction of sp³-hybridized carbons (Fsp3) is 0.357. The topological polar surface area (TPSA) is 29.9 Å². The van der Waals surface area contributed by atoms with E-state index in [1.807, 2.05) is 10.8 Å². The van der Waals surface area contributed by atoms with E-state index in [1.165, 1.54) is 25.0 Å². The molecule has 3 rings (SSSR count). The van der Waals surface area contributed by atoms with Gasteiger partial charge in [-0.2, -0.15) is 0 Å². The Morgan fingerprint density at radius 1 is 1.32 bits per heavy atom. The number of hydrogen-bond acceptors (Lipinski definition) is 2. The third-order valence-electron chi connectivity index (χ3n) is 3.46. The Bertz CT molecular complexity index is 556. The van der Waals surface area contributed by atoms with Gasteiger partial charge in [-0.05, 0) is 37.6 Å². The highest BCUT2D eigenvalue weighted by Crippen LogP contribution is 2.26. The summed E-state index contributed by atoms with van der Waals surface area (Å²) in [5, 5.41) is 3.87. The highest BCUT2D eigenvalue weighted by molar-refractivity contribution is 6.30. The van der Waals surface area contributed by atoms with Crippen molar-refractivity contribution < 1.29 is 4.39 Å². The van der Waals surface area contributed by atoms with Crippen LogP contribution in [0.25, 0.3) is 5.69 Å². The second kappa shape index (κ2) is 5.31. The number of halogens is 2. The van der Waals surface area contributed by atoms with Crippen LogP contribution in [0.15, 0.2) is 30.7 Å². The molecule has 0 spiro atoms. The number of nitrogens with zero attached hydrogens (tertiary/aromatic N) is 2. The minimum atomic E-state index is -0.334. The van der Waals surface area contributed by atoms with E-state index in [4.69, 9.17) is 11.6 Å². The largest absolute Gasteiger partial charge is 0.309 e. The van der Waals surface area contributed by atoms with Crippen molar-refractivity contribution in [2.45, 2.75) is 25.3 Å². The third-order valence-corrected chi connectivity index (χ3v) is 3.68. The lowest BCUT2D eigenvalue weighted by atomic mass is 10.0. The average molecular weight is 280 g/mol. The molecular weight excluding hydrogens is 265 g/mol. The van der Waals surface area contributed by atoms with Gasteiger partial charge in [-0.15, -0.1) is 0 Å². The highest BCUT2D eigenvalue weighted by atomic mass is 35.5. The number of aromatic nitrogens is 2. The number of benzene rings is 1. The van der Waals surface area contributed by atoms with Gasteiger partial charge in [-0.3, -0.25) is 0 Å². The van der Waals surface area contributed by atoms with Gasteiger partial charge in [0.05, 0.1) is 23.9 Å². The molecule has 0 saturated carbocycles. The number of rotatable bonds is 2. The molecule has 1 saturated heterocycles. The fourth-order valence-corrected chi connectivity index (χ4v) is 2.78. The van der Waals surface area contributed by atoms with E-state index >= 15 is 0 Å². The Morgan fingerprint density at radius 3 is 2.95 bits per heavy atom. The second-order valence-corrected chi connectivity index (χ2v) is 5.26. The predicted octanol–water partition coefficient (Wildman–Crippen LogP) is 3.48. The molecule has 100 valence electrons. The molecule has 1 aliphatic rings. The standard InChI is InChI=1S/C14H15ClFN3/c15-10-5-11(16)7-12(6-10)19-9-17-8-14(19)13-3-1-2-4-18-13/h5-9,13,18H,1-4H2. The summed E-state index contributed by atoms with van der Waals surface area (Å²) in [5.74, 6) is -0.334. The molecule has 1 fully saturated rings. The highest BCUT2D eigenvalue weighted by Gasteiger charge is 2.19. The molecule has 1 N–H and O–H groups in total. The van der Waals surface area contributed by atoms with Gasteiger partial charge in [0.2, 0.25) is 0 Å². The monoisotopic (exact) mass is 279 g/mol. The Hall–Kier alpha value is -1.39. The van der Waals surface area contributed by atoms with Crippen molar-refractivity contribution in [1.82, 2.24) is 14.9 Å². The maximum absolute atomic E-state index is 13.5. The summed E-state index contributed by atoms with van der Waals surface area (Å²) in [5.41, 5.74) is 1.77. The molecule has 1 atom stereocenters. The lowest BCUT2D eigenvalue weighted by Gasteiger charge is -2.24. The first-order valence-corrected chi connectivity index (χ1v) is 6.84. The van der Waals surface area contributed by atoms with Crippen molar-refractivity contribution in [1.29, 1.82) is 0 Å². The van der Waals surface area contributed by atoms with Crippen LogP contribution in [0.3, 0.4) is 0 Å². The van der Waals surface area contributed by atoms with Crippen LogP contribution < -0.4 is 5.32 Å². The van der Waals surface area contributed by atoms with E-state index in [2.05, 4.69) is 10.3 Å². The van der Waals surface area contributed by atoms with E-state index in [-0.39, 0.29) is 11.9 Å². The van der Waals surface area contributed by atoms with Crippen molar-refractivity contribution in [2.24, 2.45) is 0 Å². The van der Waals surface area contributed by atoms with Crippen LogP contribution in [0.2, 0.25) is 5.02 Å². The van der Waals surface area contributed by atoms with E-state index in [0.717, 1.165) is 18.7 Å². The Labute approximate surface area is 116 Å². The zero-order valence-electron chi connectivity index (χ0n) is 10.4. The maximum Gasteiger partial charge on any atom is 0.126 e. The summed E-state index contributed by atoms with van der Waals surface area (Å²) in [6.07, 6.45) is 7.02. The lowest BCUT2D eigenvalue weighted by molar-refractivity contribution is 0.402. The molecule has 1 aromatic heterocycles. The summed E-state index contributed by atoms with van der Waals surface area (Å²) in [6, 6.07) is 4.80. The van der Waals surface area contributed by atoms with Gasteiger partial charge in [0.25, 0.3) is 0 Å². The van der Waals surface area contributed by atoms with Crippen LogP contribution in [-0.4, -0.2) is 16.1 Å². The molecule has 0 radical (unpaired) electrons. The van der Waals surface area contributed by atoms with Gasteiger partial charge in [0.15, 0.2) is 0 Å². The molecule has 2 aromatic rings.